The predicted octanol–water partition coefficient (Wildman–Crippen LogP) is 2.21. The zero-order valence-electron chi connectivity index (χ0n) is 7.51. The van der Waals surface area contributed by atoms with E-state index in [-0.39, 0.29) is 11.0 Å². The zero-order chi connectivity index (χ0) is 8.86. The van der Waals surface area contributed by atoms with E-state index in [1.54, 1.807) is 0 Å². The van der Waals surface area contributed by atoms with Gasteiger partial charge in [0.25, 0.3) is 0 Å². The van der Waals surface area contributed by atoms with E-state index < -0.39 is 0 Å². The van der Waals surface area contributed by atoms with E-state index in [4.69, 9.17) is 12.2 Å². The average Bonchev–Trinajstić information content (AvgIpc) is 1.91. The van der Waals surface area contributed by atoms with Crippen LogP contribution in [0.25, 0.3) is 0 Å². The molecule has 1 saturated heterocycles. The van der Waals surface area contributed by atoms with E-state index in [9.17, 15) is 5.21 Å². The molecule has 0 aromatic heterocycles. The van der Waals surface area contributed by atoms with Crippen molar-refractivity contribution < 1.29 is 5.21 Å². The van der Waals surface area contributed by atoms with E-state index in [0.717, 1.165) is 6.42 Å². The van der Waals surface area contributed by atoms with E-state index >= 15 is 0 Å². The van der Waals surface area contributed by atoms with Gasteiger partial charge >= 0.3 is 0 Å². The molecule has 0 aliphatic carbocycles. The van der Waals surface area contributed by atoms with Crippen LogP contribution >= 0.6 is 12.2 Å². The first-order valence-electron chi connectivity index (χ1n) is 3.81. The summed E-state index contributed by atoms with van der Waals surface area (Å²) in [6.07, 6.45) is 0.912. The van der Waals surface area contributed by atoms with Crippen molar-refractivity contribution in [1.29, 1.82) is 0 Å². The number of hydrogen-bond acceptors (Lipinski definition) is 2. The van der Waals surface area contributed by atoms with Gasteiger partial charge in [0, 0.05) is 5.41 Å². The fourth-order valence-corrected chi connectivity index (χ4v) is 2.11. The minimum atomic E-state index is -0.194. The van der Waals surface area contributed by atoms with Crippen LogP contribution in [0, 0.1) is 5.41 Å². The third-order valence-corrected chi connectivity index (χ3v) is 2.94. The Morgan fingerprint density at radius 2 is 1.82 bits per heavy atom. The second-order valence-corrected chi connectivity index (χ2v) is 4.88. The van der Waals surface area contributed by atoms with Crippen LogP contribution in [-0.4, -0.2) is 20.8 Å². The Morgan fingerprint density at radius 3 is 1.91 bits per heavy atom. The normalized spacial score (nSPS) is 27.7. The Bertz CT molecular complexity index is 198. The van der Waals surface area contributed by atoms with Crippen molar-refractivity contribution in [2.24, 2.45) is 5.41 Å². The topological polar surface area (TPSA) is 23.5 Å². The Labute approximate surface area is 73.2 Å². The maximum atomic E-state index is 9.55. The van der Waals surface area contributed by atoms with Crippen LogP contribution in [0.15, 0.2) is 0 Å². The fraction of sp³-hybridized carbons (Fsp3) is 0.875. The first-order chi connectivity index (χ1) is 4.77. The molecule has 3 heteroatoms. The Balaban J connectivity index is 2.96. The molecule has 0 aromatic rings. The van der Waals surface area contributed by atoms with E-state index in [0.29, 0.717) is 4.99 Å². The molecular formula is C8H15NOS. The van der Waals surface area contributed by atoms with E-state index in [1.165, 1.54) is 5.06 Å². The first-order valence-corrected chi connectivity index (χ1v) is 4.22. The summed E-state index contributed by atoms with van der Waals surface area (Å²) in [4.78, 5) is 0.655. The van der Waals surface area contributed by atoms with Crippen molar-refractivity contribution in [2.75, 3.05) is 0 Å². The molecule has 1 aliphatic heterocycles. The molecule has 1 heterocycles. The van der Waals surface area contributed by atoms with Gasteiger partial charge in [-0.25, -0.2) is 5.06 Å². The SMILES string of the molecule is CC1(C)CC(C)(C)N(O)C1=S. The molecule has 11 heavy (non-hydrogen) atoms. The monoisotopic (exact) mass is 173 g/mol. The highest BCUT2D eigenvalue weighted by Crippen LogP contribution is 2.41. The van der Waals surface area contributed by atoms with Crippen molar-refractivity contribution in [3.05, 3.63) is 0 Å². The first kappa shape index (κ1) is 8.94. The van der Waals surface area contributed by atoms with Gasteiger partial charge in [-0.1, -0.05) is 26.1 Å². The quantitative estimate of drug-likeness (QED) is 0.568. The van der Waals surface area contributed by atoms with Crippen LogP contribution in [0.5, 0.6) is 0 Å². The average molecular weight is 173 g/mol. The van der Waals surface area contributed by atoms with Crippen molar-refractivity contribution in [3.63, 3.8) is 0 Å². The highest BCUT2D eigenvalue weighted by atomic mass is 32.1. The Kier molecular flexibility index (Phi) is 1.77. The van der Waals surface area contributed by atoms with Gasteiger partial charge in [0.1, 0.15) is 4.99 Å². The summed E-state index contributed by atoms with van der Waals surface area (Å²) in [6, 6.07) is 0. The van der Waals surface area contributed by atoms with Gasteiger partial charge in [-0.3, -0.25) is 5.21 Å². The standard InChI is InChI=1S/C8H15NOS/c1-7(2)5-8(3,4)9(10)6(7)11/h10H,5H2,1-4H3. The van der Waals surface area contributed by atoms with Crippen LogP contribution in [0.1, 0.15) is 34.1 Å². The second kappa shape index (κ2) is 2.17. The maximum Gasteiger partial charge on any atom is 0.110 e. The summed E-state index contributed by atoms with van der Waals surface area (Å²) in [6.45, 7) is 8.11. The predicted molar refractivity (Wildman–Crippen MR) is 48.7 cm³/mol. The van der Waals surface area contributed by atoms with Gasteiger partial charge in [0.05, 0.1) is 5.54 Å². The van der Waals surface area contributed by atoms with Gasteiger partial charge in [0.2, 0.25) is 0 Å². The molecule has 0 spiro atoms. The Hall–Kier alpha value is -0.150. The molecule has 1 N–H and O–H groups in total. The lowest BCUT2D eigenvalue weighted by molar-refractivity contribution is -0.0772. The van der Waals surface area contributed by atoms with Crippen molar-refractivity contribution in [1.82, 2.24) is 5.06 Å². The minimum absolute atomic E-state index is 0.0341. The lowest BCUT2D eigenvalue weighted by atomic mass is 9.86. The fourth-order valence-electron chi connectivity index (χ4n) is 1.79. The molecule has 1 aliphatic rings. The molecule has 2 nitrogen and oxygen atoms in total. The lowest BCUT2D eigenvalue weighted by Crippen LogP contribution is -2.37. The summed E-state index contributed by atoms with van der Waals surface area (Å²) in [7, 11) is 0. The zero-order valence-corrected chi connectivity index (χ0v) is 8.33. The highest BCUT2D eigenvalue weighted by molar-refractivity contribution is 7.80. The third kappa shape index (κ3) is 1.27. The van der Waals surface area contributed by atoms with Gasteiger partial charge < -0.3 is 0 Å². The molecule has 0 saturated carbocycles. The molecular weight excluding hydrogens is 158 g/mol. The largest absolute Gasteiger partial charge is 0.287 e. The summed E-state index contributed by atoms with van der Waals surface area (Å²) >= 11 is 5.10. The highest BCUT2D eigenvalue weighted by Gasteiger charge is 2.46. The van der Waals surface area contributed by atoms with Crippen LogP contribution in [0.3, 0.4) is 0 Å². The van der Waals surface area contributed by atoms with E-state index in [2.05, 4.69) is 13.8 Å². The van der Waals surface area contributed by atoms with Gasteiger partial charge in [-0.05, 0) is 20.3 Å². The molecule has 1 rings (SSSR count). The molecule has 0 aromatic carbocycles. The van der Waals surface area contributed by atoms with Gasteiger partial charge in [-0.2, -0.15) is 0 Å². The summed E-state index contributed by atoms with van der Waals surface area (Å²) < 4.78 is 0. The molecule has 0 radical (unpaired) electrons. The number of hydroxylamine groups is 2. The third-order valence-electron chi connectivity index (χ3n) is 2.22. The second-order valence-electron chi connectivity index (χ2n) is 4.49. The number of rotatable bonds is 0. The molecule has 64 valence electrons. The number of thiocarbonyl (C=S) groups is 1. The maximum absolute atomic E-state index is 9.55. The number of hydrogen-bond donors (Lipinski definition) is 1. The molecule has 0 amide bonds. The minimum Gasteiger partial charge on any atom is -0.287 e. The smallest absolute Gasteiger partial charge is 0.110 e. The van der Waals surface area contributed by atoms with Gasteiger partial charge in [0.15, 0.2) is 0 Å². The summed E-state index contributed by atoms with van der Waals surface area (Å²) in [5.74, 6) is 0. The molecule has 0 atom stereocenters. The lowest BCUT2D eigenvalue weighted by Gasteiger charge is -2.25. The van der Waals surface area contributed by atoms with Crippen molar-refractivity contribution >= 4 is 17.2 Å². The molecule has 1 fully saturated rings. The van der Waals surface area contributed by atoms with Crippen LogP contribution < -0.4 is 0 Å². The van der Waals surface area contributed by atoms with Crippen LogP contribution in [0.4, 0.5) is 0 Å². The number of nitrogens with zero attached hydrogens (tertiary/aromatic N) is 1. The van der Waals surface area contributed by atoms with Crippen molar-refractivity contribution in [3.8, 4) is 0 Å². The summed E-state index contributed by atoms with van der Waals surface area (Å²) in [5.41, 5.74) is -0.228. The van der Waals surface area contributed by atoms with Gasteiger partial charge in [-0.15, -0.1) is 0 Å². The summed E-state index contributed by atoms with van der Waals surface area (Å²) in [5, 5.41) is 10.8. The van der Waals surface area contributed by atoms with Crippen molar-refractivity contribution in [2.45, 2.75) is 39.7 Å². The van der Waals surface area contributed by atoms with Crippen LogP contribution in [-0.2, 0) is 0 Å². The molecule has 0 unspecified atom stereocenters. The van der Waals surface area contributed by atoms with Crippen LogP contribution in [0.2, 0.25) is 0 Å². The van der Waals surface area contributed by atoms with E-state index in [1.807, 2.05) is 13.8 Å². The Morgan fingerprint density at radius 1 is 1.36 bits per heavy atom. The molecule has 0 bridgehead atoms.